The second-order valence-electron chi connectivity index (χ2n) is 4.94. The van der Waals surface area contributed by atoms with Crippen molar-refractivity contribution in [3.05, 3.63) is 59.4 Å². The molecule has 1 aromatic heterocycles. The maximum atomic E-state index is 13.4. The molecular weight excluding hydrogens is 274 g/mol. The third kappa shape index (κ3) is 2.46. The van der Waals surface area contributed by atoms with E-state index >= 15 is 0 Å². The van der Waals surface area contributed by atoms with E-state index in [0.717, 1.165) is 22.9 Å². The summed E-state index contributed by atoms with van der Waals surface area (Å²) in [7, 11) is 1.61. The summed E-state index contributed by atoms with van der Waals surface area (Å²) in [5.41, 5.74) is 3.05. The van der Waals surface area contributed by atoms with Crippen molar-refractivity contribution in [2.24, 2.45) is 0 Å². The van der Waals surface area contributed by atoms with E-state index < -0.39 is 11.6 Å². The molecule has 3 rings (SSSR count). The van der Waals surface area contributed by atoms with Crippen LogP contribution in [0.5, 0.6) is 5.75 Å². The van der Waals surface area contributed by atoms with Crippen LogP contribution in [0.4, 0.5) is 8.78 Å². The van der Waals surface area contributed by atoms with E-state index in [9.17, 15) is 8.78 Å². The van der Waals surface area contributed by atoms with E-state index in [2.05, 4.69) is 4.98 Å². The van der Waals surface area contributed by atoms with Crippen molar-refractivity contribution in [3.8, 4) is 5.75 Å². The minimum atomic E-state index is -0.888. The summed E-state index contributed by atoms with van der Waals surface area (Å²) in [4.78, 5) is 4.11. The summed E-state index contributed by atoms with van der Waals surface area (Å²) in [5, 5.41) is 0. The van der Waals surface area contributed by atoms with Gasteiger partial charge in [0, 0.05) is 17.7 Å². The second kappa shape index (κ2) is 5.16. The quantitative estimate of drug-likeness (QED) is 0.735. The van der Waals surface area contributed by atoms with E-state index in [1.54, 1.807) is 18.0 Å². The molecule has 0 aliphatic rings. The van der Waals surface area contributed by atoms with Crippen LogP contribution < -0.4 is 4.74 Å². The Hall–Kier alpha value is -2.43. The van der Waals surface area contributed by atoms with Gasteiger partial charge in [-0.1, -0.05) is 17.7 Å². The summed E-state index contributed by atoms with van der Waals surface area (Å²) < 4.78 is 33.7. The van der Waals surface area contributed by atoms with Crippen LogP contribution in [-0.2, 0) is 6.54 Å². The first-order valence-corrected chi connectivity index (χ1v) is 6.52. The van der Waals surface area contributed by atoms with Gasteiger partial charge in [0.05, 0.1) is 31.0 Å². The molecule has 0 unspecified atom stereocenters. The fourth-order valence-corrected chi connectivity index (χ4v) is 2.39. The first kappa shape index (κ1) is 13.5. The topological polar surface area (TPSA) is 27.1 Å². The molecular formula is C16H14F2N2O. The molecule has 5 heteroatoms. The predicted octanol–water partition coefficient (Wildman–Crippen LogP) is 3.68. The van der Waals surface area contributed by atoms with Gasteiger partial charge in [0.15, 0.2) is 11.6 Å². The Bertz CT molecular complexity index is 811. The van der Waals surface area contributed by atoms with E-state index in [0.29, 0.717) is 17.6 Å². The fourth-order valence-electron chi connectivity index (χ4n) is 2.39. The smallest absolute Gasteiger partial charge is 0.161 e. The van der Waals surface area contributed by atoms with Gasteiger partial charge in [-0.2, -0.15) is 0 Å². The summed E-state index contributed by atoms with van der Waals surface area (Å²) >= 11 is 0. The zero-order valence-electron chi connectivity index (χ0n) is 11.7. The fraction of sp³-hybridized carbons (Fsp3) is 0.188. The Morgan fingerprint density at radius 1 is 1.14 bits per heavy atom. The van der Waals surface area contributed by atoms with Crippen LogP contribution in [0.25, 0.3) is 11.0 Å². The van der Waals surface area contributed by atoms with Gasteiger partial charge in [-0.05, 0) is 13.0 Å². The molecule has 0 aliphatic heterocycles. The zero-order chi connectivity index (χ0) is 15.0. The van der Waals surface area contributed by atoms with Crippen molar-refractivity contribution in [2.75, 3.05) is 7.11 Å². The van der Waals surface area contributed by atoms with Crippen molar-refractivity contribution in [1.82, 2.24) is 9.55 Å². The summed E-state index contributed by atoms with van der Waals surface area (Å²) in [5.74, 6) is -1.01. The molecule has 0 spiro atoms. The number of methoxy groups -OCH3 is 1. The number of rotatable bonds is 3. The molecule has 3 nitrogen and oxygen atoms in total. The normalized spacial score (nSPS) is 11.0. The van der Waals surface area contributed by atoms with Gasteiger partial charge < -0.3 is 9.30 Å². The molecule has 0 N–H and O–H groups in total. The number of nitrogens with zero attached hydrogens (tertiary/aromatic N) is 2. The molecule has 21 heavy (non-hydrogen) atoms. The molecule has 0 atom stereocenters. The second-order valence-corrected chi connectivity index (χ2v) is 4.94. The number of ether oxygens (including phenoxy) is 1. The number of halogens is 2. The molecule has 0 fully saturated rings. The molecule has 1 heterocycles. The van der Waals surface area contributed by atoms with E-state index in [1.165, 1.54) is 6.07 Å². The largest absolute Gasteiger partial charge is 0.496 e. The van der Waals surface area contributed by atoms with Crippen LogP contribution in [0.3, 0.4) is 0 Å². The molecule has 108 valence electrons. The monoisotopic (exact) mass is 288 g/mol. The SMILES string of the molecule is COc1ccc(C)cc1Cn1cnc2cc(F)c(F)cc21. The van der Waals surface area contributed by atoms with Crippen LogP contribution in [0, 0.1) is 18.6 Å². The van der Waals surface area contributed by atoms with Crippen LogP contribution >= 0.6 is 0 Å². The molecule has 2 aromatic carbocycles. The molecule has 0 radical (unpaired) electrons. The van der Waals surface area contributed by atoms with Gasteiger partial charge in [0.25, 0.3) is 0 Å². The number of imidazole rings is 1. The highest BCUT2D eigenvalue weighted by molar-refractivity contribution is 5.75. The Morgan fingerprint density at radius 2 is 1.90 bits per heavy atom. The highest BCUT2D eigenvalue weighted by Crippen LogP contribution is 2.23. The van der Waals surface area contributed by atoms with Gasteiger partial charge in [-0.15, -0.1) is 0 Å². The Balaban J connectivity index is 2.06. The number of hydrogen-bond acceptors (Lipinski definition) is 2. The van der Waals surface area contributed by atoms with Crippen LogP contribution in [0.15, 0.2) is 36.7 Å². The molecule has 0 saturated heterocycles. The number of hydrogen-bond donors (Lipinski definition) is 0. The lowest BCUT2D eigenvalue weighted by Gasteiger charge is -2.11. The molecule has 0 saturated carbocycles. The van der Waals surface area contributed by atoms with Gasteiger partial charge in [0.2, 0.25) is 0 Å². The highest BCUT2D eigenvalue weighted by Gasteiger charge is 2.11. The summed E-state index contributed by atoms with van der Waals surface area (Å²) in [6.07, 6.45) is 1.57. The minimum Gasteiger partial charge on any atom is -0.496 e. The standard InChI is InChI=1S/C16H14F2N2O/c1-10-3-4-16(21-2)11(5-10)8-20-9-19-14-6-12(17)13(18)7-15(14)20/h3-7,9H,8H2,1-2H3. The van der Waals surface area contributed by atoms with Crippen LogP contribution in [-0.4, -0.2) is 16.7 Å². The van der Waals surface area contributed by atoms with Gasteiger partial charge in [0.1, 0.15) is 5.75 Å². The van der Waals surface area contributed by atoms with Crippen molar-refractivity contribution < 1.29 is 13.5 Å². The Labute approximate surface area is 120 Å². The average molecular weight is 288 g/mol. The average Bonchev–Trinajstić information content (AvgIpc) is 2.82. The number of benzene rings is 2. The predicted molar refractivity (Wildman–Crippen MR) is 76.5 cm³/mol. The van der Waals surface area contributed by atoms with E-state index in [1.807, 2.05) is 25.1 Å². The highest BCUT2D eigenvalue weighted by atomic mass is 19.2. The maximum Gasteiger partial charge on any atom is 0.161 e. The first-order valence-electron chi connectivity index (χ1n) is 6.52. The molecule has 0 aliphatic carbocycles. The Kier molecular flexibility index (Phi) is 3.33. The number of aryl methyl sites for hydroxylation is 1. The third-order valence-electron chi connectivity index (χ3n) is 3.44. The van der Waals surface area contributed by atoms with Crippen molar-refractivity contribution in [1.29, 1.82) is 0 Å². The van der Waals surface area contributed by atoms with Crippen molar-refractivity contribution >= 4 is 11.0 Å². The van der Waals surface area contributed by atoms with Crippen LogP contribution in [0.1, 0.15) is 11.1 Å². The number of aromatic nitrogens is 2. The third-order valence-corrected chi connectivity index (χ3v) is 3.44. The molecule has 0 bridgehead atoms. The zero-order valence-corrected chi connectivity index (χ0v) is 11.7. The Morgan fingerprint density at radius 3 is 2.67 bits per heavy atom. The van der Waals surface area contributed by atoms with Gasteiger partial charge in [-0.3, -0.25) is 0 Å². The first-order chi connectivity index (χ1) is 10.1. The van der Waals surface area contributed by atoms with Gasteiger partial charge in [-0.25, -0.2) is 13.8 Å². The maximum absolute atomic E-state index is 13.4. The van der Waals surface area contributed by atoms with Gasteiger partial charge >= 0.3 is 0 Å². The lowest BCUT2D eigenvalue weighted by molar-refractivity contribution is 0.408. The summed E-state index contributed by atoms with van der Waals surface area (Å²) in [6.45, 7) is 2.47. The lowest BCUT2D eigenvalue weighted by Crippen LogP contribution is -2.01. The summed E-state index contributed by atoms with van der Waals surface area (Å²) in [6, 6.07) is 8.13. The molecule has 0 amide bonds. The minimum absolute atomic E-state index is 0.431. The van der Waals surface area contributed by atoms with E-state index in [4.69, 9.17) is 4.74 Å². The lowest BCUT2D eigenvalue weighted by atomic mass is 10.1. The van der Waals surface area contributed by atoms with Crippen molar-refractivity contribution in [2.45, 2.75) is 13.5 Å². The molecule has 3 aromatic rings. The van der Waals surface area contributed by atoms with E-state index in [-0.39, 0.29) is 0 Å². The number of fused-ring (bicyclic) bond motifs is 1. The van der Waals surface area contributed by atoms with Crippen molar-refractivity contribution in [3.63, 3.8) is 0 Å². The van der Waals surface area contributed by atoms with Crippen LogP contribution in [0.2, 0.25) is 0 Å².